The fourth-order valence-corrected chi connectivity index (χ4v) is 4.68. The zero-order valence-corrected chi connectivity index (χ0v) is 21.0. The van der Waals surface area contributed by atoms with Crippen molar-refractivity contribution in [2.75, 3.05) is 20.2 Å². The maximum absolute atomic E-state index is 13.0. The van der Waals surface area contributed by atoms with E-state index in [4.69, 9.17) is 4.74 Å². The van der Waals surface area contributed by atoms with Crippen LogP contribution in [0.2, 0.25) is 0 Å². The van der Waals surface area contributed by atoms with Gasteiger partial charge in [0, 0.05) is 16.9 Å². The zero-order chi connectivity index (χ0) is 22.5. The van der Waals surface area contributed by atoms with Gasteiger partial charge in [-0.25, -0.2) is 0 Å². The molecule has 2 aromatic carbocycles. The van der Waals surface area contributed by atoms with Crippen molar-refractivity contribution < 1.29 is 9.53 Å². The lowest BCUT2D eigenvalue weighted by Gasteiger charge is -2.32. The van der Waals surface area contributed by atoms with E-state index in [1.54, 1.807) is 7.11 Å². The Labute approximate surface area is 195 Å². The summed E-state index contributed by atoms with van der Waals surface area (Å²) in [6.45, 7) is 11.4. The molecule has 1 N–H and O–H groups in total. The number of halogens is 1. The van der Waals surface area contributed by atoms with Gasteiger partial charge in [-0.2, -0.15) is 0 Å². The standard InChI is InChI=1S/C26H35BrN2O2/c1-17(2)23-15-24(18(3)14-25(23)31-5)19(4)28-26(30)21-10-12-29(13-11-21)16-20-6-8-22(27)9-7-20/h6-9,14-15,17,19,21H,10-13,16H2,1-5H3,(H,28,30). The number of rotatable bonds is 7. The number of benzene rings is 2. The number of carbonyl (C=O) groups is 1. The number of nitrogens with zero attached hydrogens (tertiary/aromatic N) is 1. The largest absolute Gasteiger partial charge is 0.496 e. The number of methoxy groups -OCH3 is 1. The van der Waals surface area contributed by atoms with E-state index in [0.29, 0.717) is 5.92 Å². The van der Waals surface area contributed by atoms with Crippen molar-refractivity contribution in [3.8, 4) is 5.75 Å². The average molecular weight is 487 g/mol. The van der Waals surface area contributed by atoms with Crippen LogP contribution in [0.15, 0.2) is 40.9 Å². The maximum Gasteiger partial charge on any atom is 0.223 e. The fraction of sp³-hybridized carbons (Fsp3) is 0.500. The second-order valence-electron chi connectivity index (χ2n) is 9.01. The molecular formula is C26H35BrN2O2. The van der Waals surface area contributed by atoms with E-state index in [9.17, 15) is 4.79 Å². The number of ether oxygens (including phenoxy) is 1. The maximum atomic E-state index is 13.0. The normalized spacial score (nSPS) is 16.4. The Kier molecular flexibility index (Phi) is 8.17. The average Bonchev–Trinajstić information content (AvgIpc) is 2.75. The number of aryl methyl sites for hydroxylation is 1. The molecule has 0 aliphatic carbocycles. The Bertz CT molecular complexity index is 887. The van der Waals surface area contributed by atoms with Gasteiger partial charge in [0.2, 0.25) is 5.91 Å². The Morgan fingerprint density at radius 3 is 2.35 bits per heavy atom. The smallest absolute Gasteiger partial charge is 0.223 e. The van der Waals surface area contributed by atoms with Crippen molar-refractivity contribution in [2.45, 2.75) is 59.0 Å². The molecule has 1 amide bonds. The molecule has 0 aromatic heterocycles. The van der Waals surface area contributed by atoms with Crippen LogP contribution in [0.5, 0.6) is 5.75 Å². The van der Waals surface area contributed by atoms with Crippen LogP contribution >= 0.6 is 15.9 Å². The van der Waals surface area contributed by atoms with Gasteiger partial charge in [0.1, 0.15) is 5.75 Å². The Morgan fingerprint density at radius 2 is 1.77 bits per heavy atom. The highest BCUT2D eigenvalue weighted by molar-refractivity contribution is 9.10. The van der Waals surface area contributed by atoms with Gasteiger partial charge in [-0.1, -0.05) is 41.9 Å². The lowest BCUT2D eigenvalue weighted by Crippen LogP contribution is -2.41. The molecule has 1 aliphatic heterocycles. The van der Waals surface area contributed by atoms with Crippen LogP contribution in [-0.4, -0.2) is 31.0 Å². The van der Waals surface area contributed by atoms with Gasteiger partial charge in [-0.05, 0) is 92.2 Å². The number of amides is 1. The zero-order valence-electron chi connectivity index (χ0n) is 19.4. The lowest BCUT2D eigenvalue weighted by atomic mass is 9.92. The molecule has 0 spiro atoms. The molecule has 3 rings (SSSR count). The van der Waals surface area contributed by atoms with Crippen molar-refractivity contribution in [3.63, 3.8) is 0 Å². The molecule has 1 saturated heterocycles. The van der Waals surface area contributed by atoms with Crippen LogP contribution in [0.25, 0.3) is 0 Å². The third-order valence-electron chi connectivity index (χ3n) is 6.34. The van der Waals surface area contributed by atoms with Crippen molar-refractivity contribution in [3.05, 3.63) is 63.1 Å². The first-order valence-electron chi connectivity index (χ1n) is 11.2. The van der Waals surface area contributed by atoms with Crippen molar-refractivity contribution in [2.24, 2.45) is 5.92 Å². The minimum absolute atomic E-state index is 0.0169. The van der Waals surface area contributed by atoms with Gasteiger partial charge in [-0.15, -0.1) is 0 Å². The van der Waals surface area contributed by atoms with Crippen molar-refractivity contribution in [1.82, 2.24) is 10.2 Å². The van der Waals surface area contributed by atoms with Crippen LogP contribution in [0.1, 0.15) is 67.8 Å². The van der Waals surface area contributed by atoms with Gasteiger partial charge in [0.25, 0.3) is 0 Å². The molecule has 1 aliphatic rings. The molecule has 0 bridgehead atoms. The molecule has 168 valence electrons. The number of nitrogens with one attached hydrogen (secondary N) is 1. The van der Waals surface area contributed by atoms with E-state index in [1.807, 2.05) is 0 Å². The summed E-state index contributed by atoms with van der Waals surface area (Å²) in [5.74, 6) is 1.56. The summed E-state index contributed by atoms with van der Waals surface area (Å²) in [7, 11) is 1.72. The molecule has 1 heterocycles. The molecule has 31 heavy (non-hydrogen) atoms. The lowest BCUT2D eigenvalue weighted by molar-refractivity contribution is -0.127. The van der Waals surface area contributed by atoms with Gasteiger partial charge in [0.05, 0.1) is 13.2 Å². The SMILES string of the molecule is COc1cc(C)c(C(C)NC(=O)C2CCN(Cc3ccc(Br)cc3)CC2)cc1C(C)C. The molecule has 1 fully saturated rings. The van der Waals surface area contributed by atoms with Crippen LogP contribution < -0.4 is 10.1 Å². The predicted octanol–water partition coefficient (Wildman–Crippen LogP) is 5.98. The van der Waals surface area contributed by atoms with E-state index < -0.39 is 0 Å². The minimum atomic E-state index is -0.0169. The van der Waals surface area contributed by atoms with Gasteiger partial charge < -0.3 is 10.1 Å². The fourth-order valence-electron chi connectivity index (χ4n) is 4.42. The highest BCUT2D eigenvalue weighted by atomic mass is 79.9. The van der Waals surface area contributed by atoms with E-state index in [2.05, 4.69) is 90.2 Å². The minimum Gasteiger partial charge on any atom is -0.496 e. The summed E-state index contributed by atoms with van der Waals surface area (Å²) in [6, 6.07) is 12.8. The summed E-state index contributed by atoms with van der Waals surface area (Å²) < 4.78 is 6.67. The molecule has 0 radical (unpaired) electrons. The number of hydrogen-bond acceptors (Lipinski definition) is 3. The third kappa shape index (κ3) is 6.11. The first kappa shape index (κ1) is 23.8. The quantitative estimate of drug-likeness (QED) is 0.523. The number of piperidine rings is 1. The number of hydrogen-bond donors (Lipinski definition) is 1. The molecule has 2 aromatic rings. The molecule has 0 saturated carbocycles. The van der Waals surface area contributed by atoms with Gasteiger partial charge >= 0.3 is 0 Å². The summed E-state index contributed by atoms with van der Waals surface area (Å²) in [6.07, 6.45) is 1.82. The Balaban J connectivity index is 1.57. The topological polar surface area (TPSA) is 41.6 Å². The molecule has 1 unspecified atom stereocenters. The third-order valence-corrected chi connectivity index (χ3v) is 6.87. The predicted molar refractivity (Wildman–Crippen MR) is 131 cm³/mol. The molecular weight excluding hydrogens is 452 g/mol. The summed E-state index contributed by atoms with van der Waals surface area (Å²) in [5.41, 5.74) is 4.82. The number of carbonyl (C=O) groups excluding carboxylic acids is 1. The van der Waals surface area contributed by atoms with Crippen molar-refractivity contribution >= 4 is 21.8 Å². The molecule has 1 atom stereocenters. The highest BCUT2D eigenvalue weighted by Gasteiger charge is 2.26. The Hall–Kier alpha value is -1.85. The van der Waals surface area contributed by atoms with Gasteiger partial charge in [-0.3, -0.25) is 9.69 Å². The first-order valence-corrected chi connectivity index (χ1v) is 12.0. The number of likely N-dealkylation sites (tertiary alicyclic amines) is 1. The van der Waals surface area contributed by atoms with E-state index in [1.165, 1.54) is 16.7 Å². The summed E-state index contributed by atoms with van der Waals surface area (Å²) in [4.78, 5) is 15.4. The molecule has 5 heteroatoms. The second-order valence-corrected chi connectivity index (χ2v) is 9.93. The summed E-state index contributed by atoms with van der Waals surface area (Å²) in [5, 5.41) is 3.28. The molecule has 4 nitrogen and oxygen atoms in total. The van der Waals surface area contributed by atoms with E-state index in [0.717, 1.165) is 48.3 Å². The summed E-state index contributed by atoms with van der Waals surface area (Å²) >= 11 is 3.49. The van der Waals surface area contributed by atoms with Crippen molar-refractivity contribution in [1.29, 1.82) is 0 Å². The van der Waals surface area contributed by atoms with Crippen LogP contribution in [0.4, 0.5) is 0 Å². The second kappa shape index (κ2) is 10.6. The highest BCUT2D eigenvalue weighted by Crippen LogP contribution is 2.32. The first-order chi connectivity index (χ1) is 14.8. The monoisotopic (exact) mass is 486 g/mol. The van der Waals surface area contributed by atoms with Crippen LogP contribution in [-0.2, 0) is 11.3 Å². The van der Waals surface area contributed by atoms with E-state index >= 15 is 0 Å². The van der Waals surface area contributed by atoms with Crippen LogP contribution in [0.3, 0.4) is 0 Å². The van der Waals surface area contributed by atoms with Crippen LogP contribution in [0, 0.1) is 12.8 Å². The Morgan fingerprint density at radius 1 is 1.13 bits per heavy atom. The van der Waals surface area contributed by atoms with Gasteiger partial charge in [0.15, 0.2) is 0 Å². The van der Waals surface area contributed by atoms with E-state index in [-0.39, 0.29) is 17.9 Å².